The van der Waals surface area contributed by atoms with Crippen LogP contribution in [0.15, 0.2) is 6.33 Å². The van der Waals surface area contributed by atoms with E-state index in [1.165, 1.54) is 6.42 Å². The first-order valence-electron chi connectivity index (χ1n) is 6.24. The summed E-state index contributed by atoms with van der Waals surface area (Å²) >= 11 is 0. The van der Waals surface area contributed by atoms with Gasteiger partial charge in [0.2, 0.25) is 0 Å². The Hall–Kier alpha value is -0.900. The molecule has 0 bridgehead atoms. The summed E-state index contributed by atoms with van der Waals surface area (Å²) in [4.78, 5) is 4.31. The van der Waals surface area contributed by atoms with Gasteiger partial charge in [-0.3, -0.25) is 0 Å². The molecule has 1 rings (SSSR count). The molecular formula is C12H24N4. The fourth-order valence-electron chi connectivity index (χ4n) is 1.78. The monoisotopic (exact) mass is 224 g/mol. The highest BCUT2D eigenvalue weighted by Gasteiger charge is 2.10. The molecule has 0 aromatic carbocycles. The first-order valence-corrected chi connectivity index (χ1v) is 6.24. The van der Waals surface area contributed by atoms with Gasteiger partial charge in [0, 0.05) is 0 Å². The van der Waals surface area contributed by atoms with Crippen molar-refractivity contribution < 1.29 is 0 Å². The third-order valence-electron chi connectivity index (χ3n) is 2.61. The molecule has 1 aromatic heterocycles. The Morgan fingerprint density at radius 2 is 2.12 bits per heavy atom. The van der Waals surface area contributed by atoms with Gasteiger partial charge in [-0.15, -0.1) is 0 Å². The van der Waals surface area contributed by atoms with Gasteiger partial charge in [-0.2, -0.15) is 5.10 Å². The molecule has 0 aliphatic rings. The van der Waals surface area contributed by atoms with Crippen LogP contribution >= 0.6 is 0 Å². The van der Waals surface area contributed by atoms with E-state index in [-0.39, 0.29) is 0 Å². The molecule has 1 aromatic rings. The fraction of sp³-hybridized carbons (Fsp3) is 0.833. The number of aromatic nitrogens is 3. The van der Waals surface area contributed by atoms with Crippen LogP contribution in [0.1, 0.15) is 52.4 Å². The first kappa shape index (κ1) is 13.2. The molecule has 0 radical (unpaired) electrons. The standard InChI is InChI=1S/C12H24N4/c1-5-6-11(4)16-12(14-9-15-16)8-13-7-10(2)3/h9-11,13H,5-8H2,1-4H3. The van der Waals surface area contributed by atoms with Crippen LogP contribution in [-0.4, -0.2) is 21.3 Å². The van der Waals surface area contributed by atoms with Crippen LogP contribution in [-0.2, 0) is 6.54 Å². The van der Waals surface area contributed by atoms with E-state index in [0.717, 1.165) is 25.3 Å². The molecule has 0 fully saturated rings. The second-order valence-corrected chi connectivity index (χ2v) is 4.78. The predicted molar refractivity (Wildman–Crippen MR) is 66.2 cm³/mol. The zero-order valence-corrected chi connectivity index (χ0v) is 10.9. The maximum Gasteiger partial charge on any atom is 0.141 e. The van der Waals surface area contributed by atoms with Crippen molar-refractivity contribution in [2.45, 2.75) is 53.1 Å². The fourth-order valence-corrected chi connectivity index (χ4v) is 1.78. The van der Waals surface area contributed by atoms with Crippen LogP contribution in [0.25, 0.3) is 0 Å². The topological polar surface area (TPSA) is 42.7 Å². The lowest BCUT2D eigenvalue weighted by molar-refractivity contribution is 0.425. The third-order valence-corrected chi connectivity index (χ3v) is 2.61. The molecule has 1 atom stereocenters. The highest BCUT2D eigenvalue weighted by atomic mass is 15.4. The molecule has 0 spiro atoms. The number of hydrogen-bond donors (Lipinski definition) is 1. The van der Waals surface area contributed by atoms with Crippen LogP contribution in [0.4, 0.5) is 0 Å². The van der Waals surface area contributed by atoms with Gasteiger partial charge in [0.05, 0.1) is 12.6 Å². The molecule has 0 amide bonds. The van der Waals surface area contributed by atoms with E-state index in [1.807, 2.05) is 4.68 Å². The lowest BCUT2D eigenvalue weighted by Crippen LogP contribution is -2.22. The van der Waals surface area contributed by atoms with Gasteiger partial charge in [-0.05, 0) is 25.8 Å². The Kier molecular flexibility index (Phi) is 5.46. The van der Waals surface area contributed by atoms with Gasteiger partial charge in [-0.1, -0.05) is 27.2 Å². The van der Waals surface area contributed by atoms with Crippen molar-refractivity contribution in [2.24, 2.45) is 5.92 Å². The normalized spacial score (nSPS) is 13.3. The lowest BCUT2D eigenvalue weighted by atomic mass is 10.2. The third kappa shape index (κ3) is 3.93. The summed E-state index contributed by atoms with van der Waals surface area (Å²) in [7, 11) is 0. The number of rotatable bonds is 7. The molecule has 4 nitrogen and oxygen atoms in total. The second-order valence-electron chi connectivity index (χ2n) is 4.78. The average molecular weight is 224 g/mol. The lowest BCUT2D eigenvalue weighted by Gasteiger charge is -2.14. The summed E-state index contributed by atoms with van der Waals surface area (Å²) in [5, 5.41) is 7.70. The SMILES string of the molecule is CCCC(C)n1ncnc1CNCC(C)C. The van der Waals surface area contributed by atoms with Crippen molar-refractivity contribution in [3.63, 3.8) is 0 Å². The van der Waals surface area contributed by atoms with Crippen LogP contribution in [0.3, 0.4) is 0 Å². The number of hydrogen-bond acceptors (Lipinski definition) is 3. The summed E-state index contributed by atoms with van der Waals surface area (Å²) in [5.41, 5.74) is 0. The van der Waals surface area contributed by atoms with E-state index in [4.69, 9.17) is 0 Å². The van der Waals surface area contributed by atoms with E-state index in [2.05, 4.69) is 43.1 Å². The van der Waals surface area contributed by atoms with E-state index >= 15 is 0 Å². The van der Waals surface area contributed by atoms with Gasteiger partial charge in [0.25, 0.3) is 0 Å². The Labute approximate surface area is 98.5 Å². The van der Waals surface area contributed by atoms with E-state index in [9.17, 15) is 0 Å². The Bertz CT molecular complexity index is 293. The molecule has 1 N–H and O–H groups in total. The smallest absolute Gasteiger partial charge is 0.141 e. The first-order chi connectivity index (χ1) is 7.65. The van der Waals surface area contributed by atoms with Crippen molar-refractivity contribution >= 4 is 0 Å². The van der Waals surface area contributed by atoms with Gasteiger partial charge in [-0.25, -0.2) is 9.67 Å². The highest BCUT2D eigenvalue weighted by molar-refractivity contribution is 4.86. The highest BCUT2D eigenvalue weighted by Crippen LogP contribution is 2.12. The van der Waals surface area contributed by atoms with Crippen LogP contribution in [0.5, 0.6) is 0 Å². The van der Waals surface area contributed by atoms with E-state index in [1.54, 1.807) is 6.33 Å². The molecule has 0 aliphatic heterocycles. The predicted octanol–water partition coefficient (Wildman–Crippen LogP) is 2.38. The van der Waals surface area contributed by atoms with Crippen molar-refractivity contribution in [2.75, 3.05) is 6.54 Å². The van der Waals surface area contributed by atoms with Crippen LogP contribution in [0, 0.1) is 5.92 Å². The zero-order chi connectivity index (χ0) is 12.0. The number of nitrogens with one attached hydrogen (secondary N) is 1. The van der Waals surface area contributed by atoms with Gasteiger partial charge < -0.3 is 5.32 Å². The summed E-state index contributed by atoms with van der Waals surface area (Å²) in [5.74, 6) is 1.71. The maximum absolute atomic E-state index is 4.31. The summed E-state index contributed by atoms with van der Waals surface area (Å²) < 4.78 is 2.04. The molecule has 16 heavy (non-hydrogen) atoms. The van der Waals surface area contributed by atoms with Crippen molar-refractivity contribution in [3.05, 3.63) is 12.2 Å². The quantitative estimate of drug-likeness (QED) is 0.773. The Morgan fingerprint density at radius 3 is 2.75 bits per heavy atom. The van der Waals surface area contributed by atoms with Crippen molar-refractivity contribution in [1.82, 2.24) is 20.1 Å². The maximum atomic E-state index is 4.31. The summed E-state index contributed by atoms with van der Waals surface area (Å²) in [6.45, 7) is 10.6. The molecule has 0 saturated carbocycles. The molecule has 1 heterocycles. The van der Waals surface area contributed by atoms with Crippen LogP contribution in [0.2, 0.25) is 0 Å². The largest absolute Gasteiger partial charge is 0.310 e. The van der Waals surface area contributed by atoms with Gasteiger partial charge in [0.1, 0.15) is 12.2 Å². The zero-order valence-electron chi connectivity index (χ0n) is 10.9. The molecule has 0 aliphatic carbocycles. The van der Waals surface area contributed by atoms with Gasteiger partial charge >= 0.3 is 0 Å². The van der Waals surface area contributed by atoms with E-state index < -0.39 is 0 Å². The molecule has 0 saturated heterocycles. The molecular weight excluding hydrogens is 200 g/mol. The molecule has 1 unspecified atom stereocenters. The minimum Gasteiger partial charge on any atom is -0.310 e. The van der Waals surface area contributed by atoms with Crippen molar-refractivity contribution in [1.29, 1.82) is 0 Å². The summed E-state index contributed by atoms with van der Waals surface area (Å²) in [6, 6.07) is 0.448. The minimum absolute atomic E-state index is 0.448. The van der Waals surface area contributed by atoms with Crippen LogP contribution < -0.4 is 5.32 Å². The van der Waals surface area contributed by atoms with Gasteiger partial charge in [0.15, 0.2) is 0 Å². The summed E-state index contributed by atoms with van der Waals surface area (Å²) in [6.07, 6.45) is 3.99. The Balaban J connectivity index is 2.50. The minimum atomic E-state index is 0.448. The molecule has 92 valence electrons. The Morgan fingerprint density at radius 1 is 1.38 bits per heavy atom. The molecule has 4 heteroatoms. The number of nitrogens with zero attached hydrogens (tertiary/aromatic N) is 3. The van der Waals surface area contributed by atoms with Crippen molar-refractivity contribution in [3.8, 4) is 0 Å². The van der Waals surface area contributed by atoms with E-state index in [0.29, 0.717) is 12.0 Å². The average Bonchev–Trinajstić information content (AvgIpc) is 2.66. The second kappa shape index (κ2) is 6.63.